The highest BCUT2D eigenvalue weighted by molar-refractivity contribution is 6.02. The van der Waals surface area contributed by atoms with Gasteiger partial charge in [-0.25, -0.2) is 4.79 Å². The molecule has 1 fully saturated rings. The van der Waals surface area contributed by atoms with Gasteiger partial charge in [-0.1, -0.05) is 24.3 Å². The van der Waals surface area contributed by atoms with Gasteiger partial charge in [0.25, 0.3) is 0 Å². The zero-order chi connectivity index (χ0) is 21.0. The van der Waals surface area contributed by atoms with Gasteiger partial charge in [0, 0.05) is 23.8 Å². The minimum absolute atomic E-state index is 0.127. The van der Waals surface area contributed by atoms with Gasteiger partial charge in [0.05, 0.1) is 6.54 Å². The Morgan fingerprint density at radius 2 is 1.76 bits per heavy atom. The first-order chi connectivity index (χ1) is 13.8. The van der Waals surface area contributed by atoms with Crippen molar-refractivity contribution in [2.75, 3.05) is 11.9 Å². The molecule has 0 heterocycles. The molecule has 2 aromatic rings. The maximum atomic E-state index is 12.4. The number of carbonyl (C=O) groups is 3. The molecule has 1 aliphatic rings. The van der Waals surface area contributed by atoms with E-state index in [-0.39, 0.29) is 12.5 Å². The highest BCUT2D eigenvalue weighted by Gasteiger charge is 2.30. The Bertz CT molecular complexity index is 920. The van der Waals surface area contributed by atoms with Crippen molar-refractivity contribution >= 4 is 23.5 Å². The van der Waals surface area contributed by atoms with E-state index in [9.17, 15) is 14.4 Å². The predicted octanol–water partition coefficient (Wildman–Crippen LogP) is 2.72. The molecule has 0 unspecified atom stereocenters. The molecule has 0 aromatic heterocycles. The number of hydrogen-bond acceptors (Lipinski definition) is 4. The van der Waals surface area contributed by atoms with E-state index in [1.54, 1.807) is 18.2 Å². The van der Waals surface area contributed by atoms with E-state index in [1.807, 2.05) is 43.0 Å². The smallest absolute Gasteiger partial charge is 0.325 e. The molecule has 2 aromatic carbocycles. The second-order valence-electron chi connectivity index (χ2n) is 7.45. The van der Waals surface area contributed by atoms with Crippen molar-refractivity contribution in [3.63, 3.8) is 0 Å². The molecule has 1 saturated carbocycles. The van der Waals surface area contributed by atoms with Gasteiger partial charge in [-0.05, 0) is 61.6 Å². The maximum absolute atomic E-state index is 12.4. The number of carbonyl (C=O) groups excluding carboxylic acids is 3. The van der Waals surface area contributed by atoms with Crippen LogP contribution in [-0.2, 0) is 11.3 Å². The molecular formula is C22H26N4O3. The zero-order valence-electron chi connectivity index (χ0n) is 16.7. The Balaban J connectivity index is 1.56. The Labute approximate surface area is 170 Å². The average molecular weight is 394 g/mol. The standard InChI is InChI=1S/C22H26N4O3/c1-14-4-3-5-19(15(14)2)24-22(29)25-20(27)13-26(18-10-11-18)12-16-6-8-17(9-7-16)21(23)28/h3-9,18H,10-13H2,1-2H3,(H2,23,28)(H2,24,25,27,29). The number of aryl methyl sites for hydroxylation is 1. The number of nitrogens with zero attached hydrogens (tertiary/aromatic N) is 1. The summed E-state index contributed by atoms with van der Waals surface area (Å²) in [6.45, 7) is 4.58. The third-order valence-corrected chi connectivity index (χ3v) is 5.14. The van der Waals surface area contributed by atoms with Crippen LogP contribution in [0.15, 0.2) is 42.5 Å². The number of amides is 4. The largest absolute Gasteiger partial charge is 0.366 e. The van der Waals surface area contributed by atoms with Crippen LogP contribution < -0.4 is 16.4 Å². The third-order valence-electron chi connectivity index (χ3n) is 5.14. The summed E-state index contributed by atoms with van der Waals surface area (Å²) in [5, 5.41) is 5.14. The van der Waals surface area contributed by atoms with Gasteiger partial charge in [0.2, 0.25) is 11.8 Å². The molecule has 4 amide bonds. The first-order valence-corrected chi connectivity index (χ1v) is 9.63. The summed E-state index contributed by atoms with van der Waals surface area (Å²) in [4.78, 5) is 37.8. The van der Waals surface area contributed by atoms with Crippen molar-refractivity contribution in [1.29, 1.82) is 0 Å². The zero-order valence-corrected chi connectivity index (χ0v) is 16.7. The second-order valence-corrected chi connectivity index (χ2v) is 7.45. The molecule has 0 bridgehead atoms. The van der Waals surface area contributed by atoms with Crippen LogP contribution >= 0.6 is 0 Å². The number of benzene rings is 2. The van der Waals surface area contributed by atoms with Crippen LogP contribution in [0.1, 0.15) is 39.9 Å². The monoisotopic (exact) mass is 394 g/mol. The highest BCUT2D eigenvalue weighted by Crippen LogP contribution is 2.28. The van der Waals surface area contributed by atoms with Crippen molar-refractivity contribution < 1.29 is 14.4 Å². The fourth-order valence-electron chi connectivity index (χ4n) is 3.15. The van der Waals surface area contributed by atoms with E-state index in [1.165, 1.54) is 0 Å². The molecule has 1 aliphatic carbocycles. The van der Waals surface area contributed by atoms with Gasteiger partial charge < -0.3 is 11.1 Å². The first-order valence-electron chi connectivity index (χ1n) is 9.63. The van der Waals surface area contributed by atoms with Gasteiger partial charge in [0.15, 0.2) is 0 Å². The summed E-state index contributed by atoms with van der Waals surface area (Å²) in [5.41, 5.74) is 9.42. The maximum Gasteiger partial charge on any atom is 0.325 e. The lowest BCUT2D eigenvalue weighted by atomic mass is 10.1. The van der Waals surface area contributed by atoms with Crippen LogP contribution in [0.4, 0.5) is 10.5 Å². The number of nitrogens with two attached hydrogens (primary N) is 1. The van der Waals surface area contributed by atoms with Crippen LogP contribution in [0.3, 0.4) is 0 Å². The van der Waals surface area contributed by atoms with Crippen LogP contribution in [0.25, 0.3) is 0 Å². The quantitative estimate of drug-likeness (QED) is 0.671. The fraction of sp³-hybridized carbons (Fsp3) is 0.318. The summed E-state index contributed by atoms with van der Waals surface area (Å²) in [6.07, 6.45) is 2.06. The molecule has 0 saturated heterocycles. The molecule has 0 spiro atoms. The Kier molecular flexibility index (Phi) is 6.29. The van der Waals surface area contributed by atoms with Gasteiger partial charge in [-0.3, -0.25) is 19.8 Å². The third kappa shape index (κ3) is 5.65. The summed E-state index contributed by atoms with van der Waals surface area (Å²) in [7, 11) is 0. The van der Waals surface area contributed by atoms with Gasteiger partial charge >= 0.3 is 6.03 Å². The van der Waals surface area contributed by atoms with Crippen LogP contribution in [0.2, 0.25) is 0 Å². The van der Waals surface area contributed by atoms with E-state index in [4.69, 9.17) is 5.73 Å². The van der Waals surface area contributed by atoms with Crippen LogP contribution in [0, 0.1) is 13.8 Å². The molecule has 7 nitrogen and oxygen atoms in total. The number of hydrogen-bond donors (Lipinski definition) is 3. The number of anilines is 1. The highest BCUT2D eigenvalue weighted by atomic mass is 16.2. The first kappa shape index (κ1) is 20.5. The van der Waals surface area contributed by atoms with E-state index < -0.39 is 11.9 Å². The van der Waals surface area contributed by atoms with Crippen molar-refractivity contribution in [1.82, 2.24) is 10.2 Å². The minimum Gasteiger partial charge on any atom is -0.366 e. The van der Waals surface area contributed by atoms with E-state index in [2.05, 4.69) is 10.6 Å². The summed E-state index contributed by atoms with van der Waals surface area (Å²) >= 11 is 0. The molecule has 7 heteroatoms. The number of primary amides is 1. The topological polar surface area (TPSA) is 105 Å². The normalized spacial score (nSPS) is 13.2. The van der Waals surface area contributed by atoms with Gasteiger partial charge in [0.1, 0.15) is 0 Å². The summed E-state index contributed by atoms with van der Waals surface area (Å²) in [6, 6.07) is 12.5. The molecular weight excluding hydrogens is 368 g/mol. The van der Waals surface area contributed by atoms with Crippen molar-refractivity contribution in [2.24, 2.45) is 5.73 Å². The fourth-order valence-corrected chi connectivity index (χ4v) is 3.15. The molecule has 0 atom stereocenters. The number of rotatable bonds is 7. The summed E-state index contributed by atoms with van der Waals surface area (Å²) in [5.74, 6) is -0.821. The lowest BCUT2D eigenvalue weighted by Gasteiger charge is -2.21. The van der Waals surface area contributed by atoms with Crippen molar-refractivity contribution in [2.45, 2.75) is 39.3 Å². The SMILES string of the molecule is Cc1cccc(NC(=O)NC(=O)CN(Cc2ccc(C(N)=O)cc2)C2CC2)c1C. The molecule has 152 valence electrons. The predicted molar refractivity (Wildman–Crippen MR) is 111 cm³/mol. The van der Waals surface area contributed by atoms with Crippen molar-refractivity contribution in [3.05, 3.63) is 64.7 Å². The molecule has 29 heavy (non-hydrogen) atoms. The molecule has 3 rings (SSSR count). The molecule has 0 radical (unpaired) electrons. The molecule has 4 N–H and O–H groups in total. The minimum atomic E-state index is -0.537. The lowest BCUT2D eigenvalue weighted by molar-refractivity contribution is -0.121. The van der Waals surface area contributed by atoms with E-state index in [0.717, 1.165) is 29.5 Å². The number of urea groups is 1. The number of nitrogens with one attached hydrogen (secondary N) is 2. The van der Waals surface area contributed by atoms with Gasteiger partial charge in [-0.15, -0.1) is 0 Å². The van der Waals surface area contributed by atoms with E-state index >= 15 is 0 Å². The number of imide groups is 1. The van der Waals surface area contributed by atoms with E-state index in [0.29, 0.717) is 23.8 Å². The van der Waals surface area contributed by atoms with Crippen LogP contribution in [0.5, 0.6) is 0 Å². The Morgan fingerprint density at radius 3 is 2.38 bits per heavy atom. The Morgan fingerprint density at radius 1 is 1.07 bits per heavy atom. The Hall–Kier alpha value is -3.19. The van der Waals surface area contributed by atoms with Crippen LogP contribution in [-0.4, -0.2) is 35.3 Å². The summed E-state index contributed by atoms with van der Waals surface area (Å²) < 4.78 is 0. The second kappa shape index (κ2) is 8.87. The molecule has 0 aliphatic heterocycles. The average Bonchev–Trinajstić information content (AvgIpc) is 3.50. The lowest BCUT2D eigenvalue weighted by Crippen LogP contribution is -2.42. The van der Waals surface area contributed by atoms with Crippen molar-refractivity contribution in [3.8, 4) is 0 Å². The van der Waals surface area contributed by atoms with Gasteiger partial charge in [-0.2, -0.15) is 0 Å².